The zero-order chi connectivity index (χ0) is 16.7. The van der Waals surface area contributed by atoms with Gasteiger partial charge in [0.2, 0.25) is 11.8 Å². The third-order valence-electron chi connectivity index (χ3n) is 5.03. The zero-order valence-corrected chi connectivity index (χ0v) is 13.5. The smallest absolute Gasteiger partial charge is 0.232 e. The number of rotatable bonds is 3. The molecule has 122 valence electrons. The molecule has 2 aromatic rings. The molecular formula is C19H19N3O2. The van der Waals surface area contributed by atoms with Crippen LogP contribution in [0, 0.1) is 0 Å². The van der Waals surface area contributed by atoms with Gasteiger partial charge in [-0.05, 0) is 42.0 Å². The van der Waals surface area contributed by atoms with Crippen LogP contribution in [0.1, 0.15) is 43.2 Å². The van der Waals surface area contributed by atoms with Gasteiger partial charge in [0.25, 0.3) is 0 Å². The van der Waals surface area contributed by atoms with E-state index in [-0.39, 0.29) is 18.2 Å². The van der Waals surface area contributed by atoms with Crippen molar-refractivity contribution in [3.05, 3.63) is 53.7 Å². The van der Waals surface area contributed by atoms with Crippen LogP contribution in [0.2, 0.25) is 0 Å². The molecule has 1 aromatic carbocycles. The molecule has 4 rings (SSSR count). The second kappa shape index (κ2) is 5.44. The van der Waals surface area contributed by atoms with Gasteiger partial charge in [-0.3, -0.25) is 9.59 Å². The molecule has 1 atom stereocenters. The molecule has 2 amide bonds. The number of benzene rings is 1. The van der Waals surface area contributed by atoms with Crippen LogP contribution < -0.4 is 10.6 Å². The van der Waals surface area contributed by atoms with Crippen LogP contribution in [0.3, 0.4) is 0 Å². The SMILES string of the molecule is CC1(c2ccc(NC(=O)C3CC(=O)Nc4ncccc43)cc2)CC1. The Morgan fingerprint density at radius 3 is 2.71 bits per heavy atom. The fourth-order valence-electron chi connectivity index (χ4n) is 3.18. The lowest BCUT2D eigenvalue weighted by molar-refractivity contribution is -0.123. The number of nitrogens with one attached hydrogen (secondary N) is 2. The maximum Gasteiger partial charge on any atom is 0.232 e. The Balaban J connectivity index is 1.53. The number of aromatic nitrogens is 1. The maximum absolute atomic E-state index is 12.7. The van der Waals surface area contributed by atoms with Gasteiger partial charge in [0.1, 0.15) is 5.82 Å². The lowest BCUT2D eigenvalue weighted by Gasteiger charge is -2.23. The number of amides is 2. The molecule has 0 radical (unpaired) electrons. The highest BCUT2D eigenvalue weighted by Crippen LogP contribution is 2.47. The molecule has 1 aliphatic heterocycles. The van der Waals surface area contributed by atoms with Crippen molar-refractivity contribution in [1.29, 1.82) is 0 Å². The Hall–Kier alpha value is -2.69. The highest BCUT2D eigenvalue weighted by molar-refractivity contribution is 6.04. The van der Waals surface area contributed by atoms with Crippen molar-refractivity contribution in [2.45, 2.75) is 37.5 Å². The van der Waals surface area contributed by atoms with Gasteiger partial charge in [-0.25, -0.2) is 4.98 Å². The van der Waals surface area contributed by atoms with Gasteiger partial charge in [-0.2, -0.15) is 0 Å². The summed E-state index contributed by atoms with van der Waals surface area (Å²) >= 11 is 0. The van der Waals surface area contributed by atoms with Gasteiger partial charge < -0.3 is 10.6 Å². The van der Waals surface area contributed by atoms with E-state index in [0.717, 1.165) is 11.3 Å². The standard InChI is InChI=1S/C19H19N3O2/c1-19(8-9-19)12-4-6-13(7-5-12)21-18(24)15-11-16(23)22-17-14(15)3-2-10-20-17/h2-7,10,15H,8-9,11H2,1H3,(H,21,24)(H,20,22,23). The van der Waals surface area contributed by atoms with E-state index < -0.39 is 5.92 Å². The quantitative estimate of drug-likeness (QED) is 0.912. The molecule has 2 N–H and O–H groups in total. The minimum absolute atomic E-state index is 0.140. The van der Waals surface area contributed by atoms with E-state index in [4.69, 9.17) is 0 Å². The number of nitrogens with zero attached hydrogens (tertiary/aromatic N) is 1. The molecule has 2 heterocycles. The van der Waals surface area contributed by atoms with Crippen molar-refractivity contribution in [2.24, 2.45) is 0 Å². The van der Waals surface area contributed by atoms with Gasteiger partial charge >= 0.3 is 0 Å². The van der Waals surface area contributed by atoms with E-state index in [2.05, 4.69) is 34.7 Å². The lowest BCUT2D eigenvalue weighted by Crippen LogP contribution is -2.31. The molecular weight excluding hydrogens is 302 g/mol. The fourth-order valence-corrected chi connectivity index (χ4v) is 3.18. The minimum Gasteiger partial charge on any atom is -0.326 e. The van der Waals surface area contributed by atoms with Crippen LogP contribution in [0.4, 0.5) is 11.5 Å². The largest absolute Gasteiger partial charge is 0.326 e. The summed E-state index contributed by atoms with van der Waals surface area (Å²) in [6.45, 7) is 2.26. The van der Waals surface area contributed by atoms with Crippen molar-refractivity contribution >= 4 is 23.3 Å². The predicted octanol–water partition coefficient (Wildman–Crippen LogP) is 3.20. The summed E-state index contributed by atoms with van der Waals surface area (Å²) in [5.41, 5.74) is 3.14. The maximum atomic E-state index is 12.7. The highest BCUT2D eigenvalue weighted by atomic mass is 16.2. The van der Waals surface area contributed by atoms with Crippen LogP contribution >= 0.6 is 0 Å². The van der Waals surface area contributed by atoms with E-state index >= 15 is 0 Å². The van der Waals surface area contributed by atoms with Crippen LogP contribution in [0.15, 0.2) is 42.6 Å². The van der Waals surface area contributed by atoms with E-state index in [1.54, 1.807) is 12.3 Å². The summed E-state index contributed by atoms with van der Waals surface area (Å²) < 4.78 is 0. The van der Waals surface area contributed by atoms with Crippen LogP contribution in [-0.2, 0) is 15.0 Å². The summed E-state index contributed by atoms with van der Waals surface area (Å²) in [5, 5.41) is 5.64. The first kappa shape index (κ1) is 14.9. The van der Waals surface area contributed by atoms with Crippen molar-refractivity contribution in [2.75, 3.05) is 10.6 Å². The monoisotopic (exact) mass is 321 g/mol. The first-order valence-electron chi connectivity index (χ1n) is 8.21. The Kier molecular flexibility index (Phi) is 3.37. The normalized spacial score (nSPS) is 20.7. The molecule has 5 heteroatoms. The second-order valence-electron chi connectivity index (χ2n) is 6.87. The minimum atomic E-state index is -0.511. The molecule has 2 aliphatic rings. The zero-order valence-electron chi connectivity index (χ0n) is 13.5. The first-order valence-corrected chi connectivity index (χ1v) is 8.21. The summed E-state index contributed by atoms with van der Waals surface area (Å²) in [6.07, 6.45) is 4.19. The number of carbonyl (C=O) groups is 2. The van der Waals surface area contributed by atoms with E-state index in [1.807, 2.05) is 18.2 Å². The van der Waals surface area contributed by atoms with Gasteiger partial charge in [-0.15, -0.1) is 0 Å². The Morgan fingerprint density at radius 2 is 2.00 bits per heavy atom. The lowest BCUT2D eigenvalue weighted by atomic mass is 9.91. The van der Waals surface area contributed by atoms with Crippen molar-refractivity contribution < 1.29 is 9.59 Å². The van der Waals surface area contributed by atoms with E-state index in [0.29, 0.717) is 11.2 Å². The summed E-state index contributed by atoms with van der Waals surface area (Å²) in [6, 6.07) is 11.6. The number of anilines is 2. The molecule has 5 nitrogen and oxygen atoms in total. The third kappa shape index (κ3) is 2.66. The molecule has 1 fully saturated rings. The molecule has 0 spiro atoms. The molecule has 0 bridgehead atoms. The first-order chi connectivity index (χ1) is 11.5. The van der Waals surface area contributed by atoms with Gasteiger partial charge in [0.15, 0.2) is 0 Å². The molecule has 1 unspecified atom stereocenters. The molecule has 1 aromatic heterocycles. The topological polar surface area (TPSA) is 71.1 Å². The van der Waals surface area contributed by atoms with E-state index in [9.17, 15) is 9.59 Å². The number of fused-ring (bicyclic) bond motifs is 1. The summed E-state index contributed by atoms with van der Waals surface area (Å²) in [5.74, 6) is -0.392. The van der Waals surface area contributed by atoms with Crippen molar-refractivity contribution in [3.63, 3.8) is 0 Å². The average Bonchev–Trinajstić information content (AvgIpc) is 3.33. The number of hydrogen-bond acceptors (Lipinski definition) is 3. The summed E-state index contributed by atoms with van der Waals surface area (Å²) in [4.78, 5) is 28.6. The van der Waals surface area contributed by atoms with Crippen LogP contribution in [0.25, 0.3) is 0 Å². The Bertz CT molecular complexity index is 810. The highest BCUT2D eigenvalue weighted by Gasteiger charge is 2.38. The number of pyridine rings is 1. The number of hydrogen-bond donors (Lipinski definition) is 2. The van der Waals surface area contributed by atoms with Crippen LogP contribution in [0.5, 0.6) is 0 Å². The van der Waals surface area contributed by atoms with Crippen molar-refractivity contribution in [3.8, 4) is 0 Å². The van der Waals surface area contributed by atoms with Crippen LogP contribution in [-0.4, -0.2) is 16.8 Å². The summed E-state index contributed by atoms with van der Waals surface area (Å²) in [7, 11) is 0. The average molecular weight is 321 g/mol. The number of carbonyl (C=O) groups excluding carboxylic acids is 2. The molecule has 1 saturated carbocycles. The van der Waals surface area contributed by atoms with E-state index in [1.165, 1.54) is 18.4 Å². The Morgan fingerprint density at radius 1 is 1.25 bits per heavy atom. The Labute approximate surface area is 140 Å². The van der Waals surface area contributed by atoms with Crippen molar-refractivity contribution in [1.82, 2.24) is 4.98 Å². The van der Waals surface area contributed by atoms with Gasteiger partial charge in [0, 0.05) is 23.9 Å². The van der Waals surface area contributed by atoms with Gasteiger partial charge in [0.05, 0.1) is 5.92 Å². The van der Waals surface area contributed by atoms with Gasteiger partial charge in [-0.1, -0.05) is 25.1 Å². The fraction of sp³-hybridized carbons (Fsp3) is 0.316. The predicted molar refractivity (Wildman–Crippen MR) is 91.9 cm³/mol. The second-order valence-corrected chi connectivity index (χ2v) is 6.87. The molecule has 24 heavy (non-hydrogen) atoms. The molecule has 1 aliphatic carbocycles. The third-order valence-corrected chi connectivity index (χ3v) is 5.03. The molecule has 0 saturated heterocycles.